The van der Waals surface area contributed by atoms with Crippen molar-refractivity contribution < 1.29 is 4.39 Å². The predicted molar refractivity (Wildman–Crippen MR) is 46.1 cm³/mol. The second-order valence-corrected chi connectivity index (χ2v) is 2.45. The summed E-state index contributed by atoms with van der Waals surface area (Å²) in [5, 5.41) is 3.14. The average molecular weight is 157 g/mol. The Balaban J connectivity index is 2.75. The molecule has 0 spiro atoms. The lowest BCUT2D eigenvalue weighted by atomic mass is 10.2. The molecule has 2 heteroatoms. The normalized spacial score (nSPS) is 9.45. The van der Waals surface area contributed by atoms with Crippen molar-refractivity contribution >= 4 is 0 Å². The van der Waals surface area contributed by atoms with Crippen molar-refractivity contribution in [1.29, 1.82) is 0 Å². The number of nitrogens with one attached hydrogen (secondary N) is 1. The van der Waals surface area contributed by atoms with Gasteiger partial charge in [0.15, 0.2) is 0 Å². The van der Waals surface area contributed by atoms with Gasteiger partial charge in [0.05, 0.1) is 6.67 Å². The van der Waals surface area contributed by atoms with E-state index >= 15 is 0 Å². The molecule has 0 atom stereocenters. The summed E-state index contributed by atoms with van der Waals surface area (Å²) in [5.41, 5.74) is 0. The van der Waals surface area contributed by atoms with E-state index in [1.54, 1.807) is 0 Å². The first kappa shape index (κ1) is 10.4. The van der Waals surface area contributed by atoms with Crippen LogP contribution >= 0.6 is 0 Å². The minimum absolute atomic E-state index is 0.225. The molecule has 0 saturated carbocycles. The molecule has 0 aliphatic carbocycles. The molecule has 0 amide bonds. The van der Waals surface area contributed by atoms with Gasteiger partial charge in [-0.25, -0.2) is 0 Å². The summed E-state index contributed by atoms with van der Waals surface area (Å²) in [6, 6.07) is 0. The number of alkyl halides is 1. The molecule has 0 aromatic rings. The van der Waals surface area contributed by atoms with Crippen LogP contribution in [0, 0.1) is 12.3 Å². The van der Waals surface area contributed by atoms with Crippen molar-refractivity contribution in [3.63, 3.8) is 0 Å². The Labute approximate surface area is 68.4 Å². The van der Waals surface area contributed by atoms with Crippen LogP contribution in [-0.2, 0) is 0 Å². The van der Waals surface area contributed by atoms with E-state index in [9.17, 15) is 4.39 Å². The molecule has 0 aliphatic rings. The SMILES string of the molecule is C#CCCCCNCCCF. The van der Waals surface area contributed by atoms with Crippen LogP contribution in [0.25, 0.3) is 0 Å². The third kappa shape index (κ3) is 9.45. The molecule has 0 bridgehead atoms. The monoisotopic (exact) mass is 157 g/mol. The molecule has 0 radical (unpaired) electrons. The Morgan fingerprint density at radius 1 is 1.18 bits per heavy atom. The van der Waals surface area contributed by atoms with Gasteiger partial charge < -0.3 is 5.32 Å². The molecular formula is C9H16FN. The van der Waals surface area contributed by atoms with Gasteiger partial charge in [0.25, 0.3) is 0 Å². The molecular weight excluding hydrogens is 141 g/mol. The first-order valence-electron chi connectivity index (χ1n) is 4.12. The Kier molecular flexibility index (Phi) is 8.98. The Hall–Kier alpha value is -0.550. The Morgan fingerprint density at radius 3 is 2.55 bits per heavy atom. The fourth-order valence-electron chi connectivity index (χ4n) is 0.794. The molecule has 0 heterocycles. The van der Waals surface area contributed by atoms with E-state index in [1.165, 1.54) is 0 Å². The first-order chi connectivity index (χ1) is 5.41. The van der Waals surface area contributed by atoms with Gasteiger partial charge in [0.2, 0.25) is 0 Å². The molecule has 0 rings (SSSR count). The van der Waals surface area contributed by atoms with Crippen LogP contribution in [-0.4, -0.2) is 19.8 Å². The molecule has 0 unspecified atom stereocenters. The Morgan fingerprint density at radius 2 is 1.91 bits per heavy atom. The van der Waals surface area contributed by atoms with Crippen LogP contribution in [0.3, 0.4) is 0 Å². The number of hydrogen-bond donors (Lipinski definition) is 1. The fraction of sp³-hybridized carbons (Fsp3) is 0.778. The van der Waals surface area contributed by atoms with E-state index in [0.717, 1.165) is 32.4 Å². The third-order valence-electron chi connectivity index (χ3n) is 1.41. The molecule has 0 fully saturated rings. The van der Waals surface area contributed by atoms with Crippen molar-refractivity contribution in [3.8, 4) is 12.3 Å². The molecule has 1 N–H and O–H groups in total. The van der Waals surface area contributed by atoms with Gasteiger partial charge >= 0.3 is 0 Å². The maximum Gasteiger partial charge on any atom is 0.0906 e. The number of rotatable bonds is 7. The van der Waals surface area contributed by atoms with Crippen LogP contribution in [0.4, 0.5) is 4.39 Å². The topological polar surface area (TPSA) is 12.0 Å². The van der Waals surface area contributed by atoms with Gasteiger partial charge in [-0.15, -0.1) is 12.3 Å². The maximum atomic E-state index is 11.6. The second-order valence-electron chi connectivity index (χ2n) is 2.45. The molecule has 0 aromatic carbocycles. The van der Waals surface area contributed by atoms with Gasteiger partial charge in [0.1, 0.15) is 0 Å². The highest BCUT2D eigenvalue weighted by Crippen LogP contribution is 1.91. The highest BCUT2D eigenvalue weighted by atomic mass is 19.1. The number of halogens is 1. The van der Waals surface area contributed by atoms with E-state index in [4.69, 9.17) is 6.42 Å². The van der Waals surface area contributed by atoms with Gasteiger partial charge in [-0.3, -0.25) is 4.39 Å². The summed E-state index contributed by atoms with van der Waals surface area (Å²) < 4.78 is 11.6. The van der Waals surface area contributed by atoms with Crippen molar-refractivity contribution in [2.45, 2.75) is 25.7 Å². The highest BCUT2D eigenvalue weighted by molar-refractivity contribution is 4.82. The van der Waals surface area contributed by atoms with Crippen molar-refractivity contribution in [2.75, 3.05) is 19.8 Å². The van der Waals surface area contributed by atoms with E-state index < -0.39 is 0 Å². The van der Waals surface area contributed by atoms with E-state index in [2.05, 4.69) is 11.2 Å². The lowest BCUT2D eigenvalue weighted by Gasteiger charge is -2.00. The zero-order valence-electron chi connectivity index (χ0n) is 6.91. The maximum absolute atomic E-state index is 11.6. The molecule has 0 saturated heterocycles. The zero-order valence-corrected chi connectivity index (χ0v) is 6.91. The fourth-order valence-corrected chi connectivity index (χ4v) is 0.794. The molecule has 1 nitrogen and oxygen atoms in total. The van der Waals surface area contributed by atoms with Gasteiger partial charge in [0, 0.05) is 6.42 Å². The molecule has 64 valence electrons. The van der Waals surface area contributed by atoms with E-state index in [0.29, 0.717) is 6.42 Å². The second kappa shape index (κ2) is 9.45. The van der Waals surface area contributed by atoms with Crippen molar-refractivity contribution in [2.24, 2.45) is 0 Å². The minimum atomic E-state index is -0.225. The van der Waals surface area contributed by atoms with Crippen LogP contribution in [0.2, 0.25) is 0 Å². The largest absolute Gasteiger partial charge is 0.317 e. The Bertz CT molecular complexity index is 107. The number of unbranched alkanes of at least 4 members (excludes halogenated alkanes) is 2. The van der Waals surface area contributed by atoms with Gasteiger partial charge in [-0.1, -0.05) is 0 Å². The summed E-state index contributed by atoms with van der Waals surface area (Å²) in [7, 11) is 0. The molecule has 0 aromatic heterocycles. The lowest BCUT2D eigenvalue weighted by Crippen LogP contribution is -2.16. The summed E-state index contributed by atoms with van der Waals surface area (Å²) in [6.45, 7) is 1.52. The highest BCUT2D eigenvalue weighted by Gasteiger charge is 1.87. The van der Waals surface area contributed by atoms with Crippen LogP contribution < -0.4 is 5.32 Å². The minimum Gasteiger partial charge on any atom is -0.317 e. The van der Waals surface area contributed by atoms with Gasteiger partial charge in [-0.2, -0.15) is 0 Å². The summed E-state index contributed by atoms with van der Waals surface area (Å²) in [5.74, 6) is 2.58. The van der Waals surface area contributed by atoms with Crippen molar-refractivity contribution in [1.82, 2.24) is 5.32 Å². The van der Waals surface area contributed by atoms with Crippen LogP contribution in [0.5, 0.6) is 0 Å². The average Bonchev–Trinajstić information content (AvgIpc) is 2.03. The predicted octanol–water partition coefficient (Wildman–Crippen LogP) is 1.74. The quantitative estimate of drug-likeness (QED) is 0.438. The number of terminal acetylenes is 1. The molecule has 0 aliphatic heterocycles. The third-order valence-corrected chi connectivity index (χ3v) is 1.41. The molecule has 11 heavy (non-hydrogen) atoms. The zero-order chi connectivity index (χ0) is 8.36. The van der Waals surface area contributed by atoms with Crippen LogP contribution in [0.1, 0.15) is 25.7 Å². The van der Waals surface area contributed by atoms with Crippen molar-refractivity contribution in [3.05, 3.63) is 0 Å². The van der Waals surface area contributed by atoms with E-state index in [-0.39, 0.29) is 6.67 Å². The lowest BCUT2D eigenvalue weighted by molar-refractivity contribution is 0.457. The smallest absolute Gasteiger partial charge is 0.0906 e. The number of hydrogen-bond acceptors (Lipinski definition) is 1. The summed E-state index contributed by atoms with van der Waals surface area (Å²) in [4.78, 5) is 0. The standard InChI is InChI=1S/C9H16FN/c1-2-3-4-5-8-11-9-6-7-10/h1,11H,3-9H2. The summed E-state index contributed by atoms with van der Waals surface area (Å²) >= 11 is 0. The van der Waals surface area contributed by atoms with E-state index in [1.807, 2.05) is 0 Å². The van der Waals surface area contributed by atoms with Gasteiger partial charge in [-0.05, 0) is 32.4 Å². The first-order valence-corrected chi connectivity index (χ1v) is 4.12. The summed E-state index contributed by atoms with van der Waals surface area (Å²) in [6.07, 6.45) is 8.71. The van der Waals surface area contributed by atoms with Crippen LogP contribution in [0.15, 0.2) is 0 Å².